The number of nitrogens with zero attached hydrogens (tertiary/aromatic N) is 1. The van der Waals surface area contributed by atoms with Crippen molar-refractivity contribution in [2.75, 3.05) is 38.8 Å². The number of benzene rings is 1. The molecule has 2 amide bonds. The third-order valence-electron chi connectivity index (χ3n) is 4.70. The van der Waals surface area contributed by atoms with Gasteiger partial charge in [0.25, 0.3) is 0 Å². The van der Waals surface area contributed by atoms with Gasteiger partial charge in [-0.05, 0) is 25.0 Å². The highest BCUT2D eigenvalue weighted by Crippen LogP contribution is 2.35. The molecule has 0 saturated carbocycles. The van der Waals surface area contributed by atoms with Crippen LogP contribution in [0, 0.1) is 5.92 Å². The summed E-state index contributed by atoms with van der Waals surface area (Å²) in [5.74, 6) is 0.659. The van der Waals surface area contributed by atoms with Crippen LogP contribution in [0.1, 0.15) is 19.3 Å². The highest BCUT2D eigenvalue weighted by Gasteiger charge is 2.36. The smallest absolute Gasteiger partial charge is 0.227 e. The first kappa shape index (κ1) is 17.5. The van der Waals surface area contributed by atoms with Gasteiger partial charge in [0, 0.05) is 32.2 Å². The molecule has 0 radical (unpaired) electrons. The Bertz CT molecular complexity index is 642. The SMILES string of the molecule is COc1ccc(N2C[C@H](C(=O)NC[C@H]3CCCO3)CC2=O)c(OC)c1. The van der Waals surface area contributed by atoms with Crippen molar-refractivity contribution in [3.63, 3.8) is 0 Å². The summed E-state index contributed by atoms with van der Waals surface area (Å²) < 4.78 is 16.1. The molecule has 1 aromatic carbocycles. The fourth-order valence-corrected chi connectivity index (χ4v) is 3.29. The number of carbonyl (C=O) groups excluding carboxylic acids is 2. The van der Waals surface area contributed by atoms with E-state index in [4.69, 9.17) is 14.2 Å². The lowest BCUT2D eigenvalue weighted by molar-refractivity contribution is -0.126. The number of carbonyl (C=O) groups is 2. The van der Waals surface area contributed by atoms with E-state index in [0.717, 1.165) is 19.4 Å². The van der Waals surface area contributed by atoms with E-state index in [1.165, 1.54) is 0 Å². The van der Waals surface area contributed by atoms with Crippen LogP contribution in [0.2, 0.25) is 0 Å². The summed E-state index contributed by atoms with van der Waals surface area (Å²) in [5.41, 5.74) is 0.655. The number of hydrogen-bond acceptors (Lipinski definition) is 5. The van der Waals surface area contributed by atoms with Crippen LogP contribution in [-0.2, 0) is 14.3 Å². The van der Waals surface area contributed by atoms with Gasteiger partial charge in [0.05, 0.1) is 31.9 Å². The van der Waals surface area contributed by atoms with Gasteiger partial charge in [0.2, 0.25) is 11.8 Å². The molecule has 7 nitrogen and oxygen atoms in total. The number of anilines is 1. The van der Waals surface area contributed by atoms with E-state index in [2.05, 4.69) is 5.32 Å². The number of rotatable bonds is 6. The van der Waals surface area contributed by atoms with Crippen LogP contribution in [0.15, 0.2) is 18.2 Å². The monoisotopic (exact) mass is 348 g/mol. The average Bonchev–Trinajstić information content (AvgIpc) is 3.28. The third-order valence-corrected chi connectivity index (χ3v) is 4.70. The molecule has 2 atom stereocenters. The first-order chi connectivity index (χ1) is 12.1. The molecule has 3 rings (SSSR count). The molecule has 0 spiro atoms. The molecule has 0 aromatic heterocycles. The van der Waals surface area contributed by atoms with E-state index in [9.17, 15) is 9.59 Å². The van der Waals surface area contributed by atoms with E-state index < -0.39 is 0 Å². The molecule has 1 aromatic rings. The summed E-state index contributed by atoms with van der Waals surface area (Å²) in [6.07, 6.45) is 2.30. The molecule has 0 unspecified atom stereocenters. The number of methoxy groups -OCH3 is 2. The fraction of sp³-hybridized carbons (Fsp3) is 0.556. The van der Waals surface area contributed by atoms with Crippen LogP contribution in [0.3, 0.4) is 0 Å². The lowest BCUT2D eigenvalue weighted by Gasteiger charge is -2.20. The lowest BCUT2D eigenvalue weighted by Crippen LogP contribution is -2.37. The second-order valence-electron chi connectivity index (χ2n) is 6.32. The third kappa shape index (κ3) is 3.87. The normalized spacial score (nSPS) is 23.0. The Balaban J connectivity index is 1.64. The van der Waals surface area contributed by atoms with Gasteiger partial charge in [-0.3, -0.25) is 9.59 Å². The molecule has 2 aliphatic heterocycles. The molecule has 2 heterocycles. The summed E-state index contributed by atoms with van der Waals surface area (Å²) in [7, 11) is 3.12. The van der Waals surface area contributed by atoms with Crippen molar-refractivity contribution in [1.82, 2.24) is 5.32 Å². The molecular formula is C18H24N2O5. The maximum Gasteiger partial charge on any atom is 0.227 e. The van der Waals surface area contributed by atoms with Crippen LogP contribution < -0.4 is 19.7 Å². The Morgan fingerprint density at radius 1 is 1.36 bits per heavy atom. The summed E-state index contributed by atoms with van der Waals surface area (Å²) in [6.45, 7) is 1.61. The minimum absolute atomic E-state index is 0.0827. The van der Waals surface area contributed by atoms with Gasteiger partial charge >= 0.3 is 0 Å². The maximum absolute atomic E-state index is 12.4. The average molecular weight is 348 g/mol. The molecule has 1 N–H and O–H groups in total. The van der Waals surface area contributed by atoms with E-state index in [1.54, 1.807) is 37.3 Å². The van der Waals surface area contributed by atoms with Gasteiger partial charge in [0.1, 0.15) is 11.5 Å². The topological polar surface area (TPSA) is 77.1 Å². The largest absolute Gasteiger partial charge is 0.497 e. The summed E-state index contributed by atoms with van der Waals surface area (Å²) in [4.78, 5) is 26.4. The molecule has 2 saturated heterocycles. The zero-order valence-corrected chi connectivity index (χ0v) is 14.6. The Hall–Kier alpha value is -2.28. The molecule has 25 heavy (non-hydrogen) atoms. The highest BCUT2D eigenvalue weighted by atomic mass is 16.5. The molecule has 7 heteroatoms. The number of nitrogens with one attached hydrogen (secondary N) is 1. The molecule has 0 aliphatic carbocycles. The van der Waals surface area contributed by atoms with Crippen molar-refractivity contribution < 1.29 is 23.8 Å². The quantitative estimate of drug-likeness (QED) is 0.840. The second kappa shape index (κ2) is 7.74. The van der Waals surface area contributed by atoms with E-state index in [0.29, 0.717) is 30.3 Å². The van der Waals surface area contributed by atoms with E-state index in [-0.39, 0.29) is 30.3 Å². The second-order valence-corrected chi connectivity index (χ2v) is 6.32. The Labute approximate surface area is 147 Å². The van der Waals surface area contributed by atoms with Gasteiger partial charge in [-0.1, -0.05) is 0 Å². The van der Waals surface area contributed by atoms with Gasteiger partial charge < -0.3 is 24.4 Å². The number of hydrogen-bond donors (Lipinski definition) is 1. The lowest BCUT2D eigenvalue weighted by atomic mass is 10.1. The number of ether oxygens (including phenoxy) is 3. The zero-order chi connectivity index (χ0) is 17.8. The fourth-order valence-electron chi connectivity index (χ4n) is 3.29. The Morgan fingerprint density at radius 3 is 2.88 bits per heavy atom. The predicted octanol–water partition coefficient (Wildman–Crippen LogP) is 1.35. The predicted molar refractivity (Wildman–Crippen MR) is 92.0 cm³/mol. The summed E-state index contributed by atoms with van der Waals surface area (Å²) in [5, 5.41) is 2.91. The molecule has 2 aliphatic rings. The number of amides is 2. The van der Waals surface area contributed by atoms with Gasteiger partial charge in [-0.25, -0.2) is 0 Å². The van der Waals surface area contributed by atoms with Crippen molar-refractivity contribution >= 4 is 17.5 Å². The Kier molecular flexibility index (Phi) is 5.43. The minimum atomic E-state index is -0.360. The van der Waals surface area contributed by atoms with Crippen LogP contribution in [0.5, 0.6) is 11.5 Å². The van der Waals surface area contributed by atoms with Gasteiger partial charge in [0.15, 0.2) is 0 Å². The molecule has 2 fully saturated rings. The molecular weight excluding hydrogens is 324 g/mol. The molecule has 136 valence electrons. The van der Waals surface area contributed by atoms with Crippen LogP contribution in [0.25, 0.3) is 0 Å². The van der Waals surface area contributed by atoms with E-state index in [1.807, 2.05) is 0 Å². The standard InChI is InChI=1S/C18H24N2O5/c1-23-13-5-6-15(16(9-13)24-2)20-11-12(8-17(20)21)18(22)19-10-14-4-3-7-25-14/h5-6,9,12,14H,3-4,7-8,10-11H2,1-2H3,(H,19,22)/t12-,14-/m1/s1. The molecule has 0 bridgehead atoms. The minimum Gasteiger partial charge on any atom is -0.497 e. The van der Waals surface area contributed by atoms with Crippen molar-refractivity contribution in [3.05, 3.63) is 18.2 Å². The van der Waals surface area contributed by atoms with Gasteiger partial charge in [-0.15, -0.1) is 0 Å². The first-order valence-corrected chi connectivity index (χ1v) is 8.54. The zero-order valence-electron chi connectivity index (χ0n) is 14.6. The van der Waals surface area contributed by atoms with Crippen molar-refractivity contribution in [3.8, 4) is 11.5 Å². The van der Waals surface area contributed by atoms with Crippen LogP contribution in [-0.4, -0.2) is 51.8 Å². The maximum atomic E-state index is 12.4. The van der Waals surface area contributed by atoms with Gasteiger partial charge in [-0.2, -0.15) is 0 Å². The first-order valence-electron chi connectivity index (χ1n) is 8.54. The summed E-state index contributed by atoms with van der Waals surface area (Å²) >= 11 is 0. The van der Waals surface area contributed by atoms with Crippen LogP contribution in [0.4, 0.5) is 5.69 Å². The summed E-state index contributed by atoms with van der Waals surface area (Å²) in [6, 6.07) is 5.28. The van der Waals surface area contributed by atoms with Crippen molar-refractivity contribution in [2.45, 2.75) is 25.4 Å². The van der Waals surface area contributed by atoms with Crippen LogP contribution >= 0.6 is 0 Å². The van der Waals surface area contributed by atoms with E-state index >= 15 is 0 Å². The Morgan fingerprint density at radius 2 is 2.20 bits per heavy atom. The van der Waals surface area contributed by atoms with Crippen molar-refractivity contribution in [2.24, 2.45) is 5.92 Å². The van der Waals surface area contributed by atoms with Crippen molar-refractivity contribution in [1.29, 1.82) is 0 Å². The highest BCUT2D eigenvalue weighted by molar-refractivity contribution is 6.01.